The minimum absolute atomic E-state index is 0.0107. The van der Waals surface area contributed by atoms with Gasteiger partial charge in [0, 0.05) is 28.5 Å². The lowest BCUT2D eigenvalue weighted by molar-refractivity contribution is 0.983. The fourth-order valence-electron chi connectivity index (χ4n) is 2.46. The number of rotatable bonds is 2. The highest BCUT2D eigenvalue weighted by Crippen LogP contribution is 2.24. The molecule has 0 aliphatic heterocycles. The number of pyridine rings is 1. The Morgan fingerprint density at radius 2 is 1.57 bits per heavy atom. The van der Waals surface area contributed by atoms with E-state index in [2.05, 4.69) is 4.57 Å². The summed E-state index contributed by atoms with van der Waals surface area (Å²) in [5.74, 6) is 0. The molecule has 0 amide bonds. The van der Waals surface area contributed by atoms with Crippen molar-refractivity contribution in [1.82, 2.24) is 4.57 Å². The van der Waals surface area contributed by atoms with Crippen molar-refractivity contribution in [2.75, 3.05) is 0 Å². The zero-order valence-electron chi connectivity index (χ0n) is 11.6. The maximum absolute atomic E-state index is 11.9. The van der Waals surface area contributed by atoms with Crippen molar-refractivity contribution in [1.29, 1.82) is 0 Å². The van der Waals surface area contributed by atoms with Gasteiger partial charge < -0.3 is 4.57 Å². The first-order valence-electron chi connectivity index (χ1n) is 6.70. The summed E-state index contributed by atoms with van der Waals surface area (Å²) in [6.07, 6.45) is 0. The maximum Gasteiger partial charge on any atom is 0.182 e. The fourth-order valence-corrected chi connectivity index (χ4v) is 2.58. The Kier molecular flexibility index (Phi) is 3.63. The first-order valence-corrected chi connectivity index (χ1v) is 7.08. The van der Waals surface area contributed by atoms with Crippen LogP contribution in [0.25, 0.3) is 16.9 Å². The van der Waals surface area contributed by atoms with E-state index in [-0.39, 0.29) is 5.43 Å². The smallest absolute Gasteiger partial charge is 0.182 e. The van der Waals surface area contributed by atoms with Crippen molar-refractivity contribution in [3.63, 3.8) is 0 Å². The number of halogens is 1. The third kappa shape index (κ3) is 2.76. The van der Waals surface area contributed by atoms with Crippen LogP contribution >= 0.6 is 11.6 Å². The lowest BCUT2D eigenvalue weighted by Gasteiger charge is -2.17. The van der Waals surface area contributed by atoms with Gasteiger partial charge in [-0.25, -0.2) is 0 Å². The molecule has 0 bridgehead atoms. The van der Waals surface area contributed by atoms with E-state index in [4.69, 9.17) is 11.6 Å². The minimum Gasteiger partial charge on any atom is -0.314 e. The molecule has 0 aliphatic rings. The Morgan fingerprint density at radius 3 is 2.24 bits per heavy atom. The Labute approximate surface area is 128 Å². The summed E-state index contributed by atoms with van der Waals surface area (Å²) in [5.41, 5.74) is 3.77. The lowest BCUT2D eigenvalue weighted by atomic mass is 10.1. The Bertz CT molecular complexity index is 820. The molecule has 0 N–H and O–H groups in total. The van der Waals surface area contributed by atoms with Crippen LogP contribution in [-0.2, 0) is 0 Å². The first-order chi connectivity index (χ1) is 10.1. The zero-order chi connectivity index (χ0) is 14.8. The van der Waals surface area contributed by atoms with Crippen molar-refractivity contribution >= 4 is 11.6 Å². The van der Waals surface area contributed by atoms with Crippen molar-refractivity contribution in [2.24, 2.45) is 0 Å². The quantitative estimate of drug-likeness (QED) is 0.684. The van der Waals surface area contributed by atoms with Crippen LogP contribution in [0.5, 0.6) is 0 Å². The van der Waals surface area contributed by atoms with Crippen LogP contribution in [0.2, 0.25) is 5.02 Å². The van der Waals surface area contributed by atoms with E-state index in [0.717, 1.165) is 22.6 Å². The van der Waals surface area contributed by atoms with E-state index >= 15 is 0 Å². The van der Waals surface area contributed by atoms with E-state index in [0.29, 0.717) is 5.02 Å². The van der Waals surface area contributed by atoms with Crippen LogP contribution in [-0.4, -0.2) is 4.57 Å². The molecule has 3 heteroatoms. The van der Waals surface area contributed by atoms with E-state index in [9.17, 15) is 4.79 Å². The van der Waals surface area contributed by atoms with Gasteiger partial charge in [-0.15, -0.1) is 0 Å². The summed E-state index contributed by atoms with van der Waals surface area (Å²) in [4.78, 5) is 11.9. The summed E-state index contributed by atoms with van der Waals surface area (Å²) in [5, 5.41) is 0.693. The predicted molar refractivity (Wildman–Crippen MR) is 87.2 cm³/mol. The van der Waals surface area contributed by atoms with Gasteiger partial charge in [0.05, 0.1) is 5.69 Å². The van der Waals surface area contributed by atoms with Gasteiger partial charge >= 0.3 is 0 Å². The predicted octanol–water partition coefficient (Wildman–Crippen LogP) is 4.47. The van der Waals surface area contributed by atoms with Gasteiger partial charge in [-0.05, 0) is 36.8 Å². The van der Waals surface area contributed by atoms with E-state index in [1.165, 1.54) is 0 Å². The number of benzene rings is 2. The Balaban J connectivity index is 2.29. The van der Waals surface area contributed by atoms with E-state index in [1.54, 1.807) is 12.1 Å². The average Bonchev–Trinajstić information content (AvgIpc) is 2.49. The van der Waals surface area contributed by atoms with Gasteiger partial charge in [0.2, 0.25) is 0 Å². The van der Waals surface area contributed by atoms with Crippen molar-refractivity contribution in [2.45, 2.75) is 6.92 Å². The number of hydrogen-bond acceptors (Lipinski definition) is 1. The van der Waals surface area contributed by atoms with Gasteiger partial charge in [0.15, 0.2) is 5.43 Å². The highest BCUT2D eigenvalue weighted by molar-refractivity contribution is 6.30. The topological polar surface area (TPSA) is 22.0 Å². The molecule has 0 radical (unpaired) electrons. The van der Waals surface area contributed by atoms with Gasteiger partial charge in [-0.1, -0.05) is 41.9 Å². The Hall–Kier alpha value is -2.32. The number of aryl methyl sites for hydroxylation is 1. The largest absolute Gasteiger partial charge is 0.314 e. The average molecular weight is 296 g/mol. The molecule has 2 aromatic carbocycles. The first kappa shape index (κ1) is 13.7. The zero-order valence-corrected chi connectivity index (χ0v) is 12.3. The summed E-state index contributed by atoms with van der Waals surface area (Å²) in [6.45, 7) is 1.93. The SMILES string of the molecule is Cc1cc(=O)cc(-c2ccccc2)n1-c1ccc(Cl)cc1. The summed E-state index contributed by atoms with van der Waals surface area (Å²) >= 11 is 5.96. The van der Waals surface area contributed by atoms with Crippen molar-refractivity contribution in [3.05, 3.63) is 87.7 Å². The maximum atomic E-state index is 11.9. The molecule has 0 spiro atoms. The lowest BCUT2D eigenvalue weighted by Crippen LogP contribution is -2.11. The molecule has 0 unspecified atom stereocenters. The molecule has 3 rings (SSSR count). The standard InChI is InChI=1S/C18H14ClNO/c1-13-11-17(21)12-18(14-5-3-2-4-6-14)20(13)16-9-7-15(19)8-10-16/h2-12H,1H3. The highest BCUT2D eigenvalue weighted by atomic mass is 35.5. The highest BCUT2D eigenvalue weighted by Gasteiger charge is 2.09. The number of nitrogens with zero attached hydrogens (tertiary/aromatic N) is 1. The molecule has 104 valence electrons. The monoisotopic (exact) mass is 295 g/mol. The summed E-state index contributed by atoms with van der Waals surface area (Å²) in [6, 6.07) is 20.8. The molecule has 0 fully saturated rings. The van der Waals surface area contributed by atoms with E-state index < -0.39 is 0 Å². The second kappa shape index (κ2) is 5.58. The molecule has 0 saturated heterocycles. The van der Waals surface area contributed by atoms with E-state index in [1.807, 2.05) is 61.5 Å². The number of hydrogen-bond donors (Lipinski definition) is 0. The van der Waals surface area contributed by atoms with Gasteiger partial charge in [-0.3, -0.25) is 4.79 Å². The molecular formula is C18H14ClNO. The molecule has 0 saturated carbocycles. The van der Waals surface area contributed by atoms with Crippen LogP contribution in [0.1, 0.15) is 5.69 Å². The minimum atomic E-state index is 0.0107. The molecule has 1 heterocycles. The summed E-state index contributed by atoms with van der Waals surface area (Å²) < 4.78 is 2.06. The van der Waals surface area contributed by atoms with Crippen molar-refractivity contribution in [3.8, 4) is 16.9 Å². The fraction of sp³-hybridized carbons (Fsp3) is 0.0556. The van der Waals surface area contributed by atoms with Gasteiger partial charge in [0.1, 0.15) is 0 Å². The number of aromatic nitrogens is 1. The Morgan fingerprint density at radius 1 is 0.905 bits per heavy atom. The van der Waals surface area contributed by atoms with Gasteiger partial charge in [0.25, 0.3) is 0 Å². The third-order valence-electron chi connectivity index (χ3n) is 3.38. The van der Waals surface area contributed by atoms with Crippen LogP contribution < -0.4 is 5.43 Å². The molecule has 2 nitrogen and oxygen atoms in total. The van der Waals surface area contributed by atoms with Crippen LogP contribution in [0, 0.1) is 6.92 Å². The molecule has 21 heavy (non-hydrogen) atoms. The van der Waals surface area contributed by atoms with Crippen molar-refractivity contribution < 1.29 is 0 Å². The second-order valence-electron chi connectivity index (χ2n) is 4.90. The molecule has 3 aromatic rings. The van der Waals surface area contributed by atoms with Crippen LogP contribution in [0.4, 0.5) is 0 Å². The second-order valence-corrected chi connectivity index (χ2v) is 5.33. The third-order valence-corrected chi connectivity index (χ3v) is 3.63. The van der Waals surface area contributed by atoms with Crippen LogP contribution in [0.3, 0.4) is 0 Å². The molecule has 0 atom stereocenters. The summed E-state index contributed by atoms with van der Waals surface area (Å²) in [7, 11) is 0. The molecule has 0 aliphatic carbocycles. The molecule has 1 aromatic heterocycles. The molecular weight excluding hydrogens is 282 g/mol. The normalized spacial score (nSPS) is 10.6. The van der Waals surface area contributed by atoms with Gasteiger partial charge in [-0.2, -0.15) is 0 Å². The van der Waals surface area contributed by atoms with Crippen LogP contribution in [0.15, 0.2) is 71.5 Å².